The SMILES string of the molecule is CC(C)c1c(CN)nnn1-c1ccc(CC(=O)O)cc1. The largest absolute Gasteiger partial charge is 0.481 e. The average molecular weight is 274 g/mol. The van der Waals surface area contributed by atoms with Crippen LogP contribution in [0.3, 0.4) is 0 Å². The van der Waals surface area contributed by atoms with Gasteiger partial charge in [-0.05, 0) is 23.6 Å². The van der Waals surface area contributed by atoms with E-state index in [1.807, 2.05) is 12.1 Å². The van der Waals surface area contributed by atoms with Crippen molar-refractivity contribution >= 4 is 5.97 Å². The summed E-state index contributed by atoms with van der Waals surface area (Å²) < 4.78 is 1.76. The van der Waals surface area contributed by atoms with Gasteiger partial charge < -0.3 is 10.8 Å². The molecular weight excluding hydrogens is 256 g/mol. The first kappa shape index (κ1) is 14.2. The minimum absolute atomic E-state index is 0.0166. The lowest BCUT2D eigenvalue weighted by Gasteiger charge is -2.11. The van der Waals surface area contributed by atoms with E-state index in [9.17, 15) is 4.79 Å². The van der Waals surface area contributed by atoms with Gasteiger partial charge in [0.2, 0.25) is 0 Å². The van der Waals surface area contributed by atoms with E-state index in [0.717, 1.165) is 22.6 Å². The smallest absolute Gasteiger partial charge is 0.307 e. The zero-order valence-corrected chi connectivity index (χ0v) is 11.6. The van der Waals surface area contributed by atoms with Crippen LogP contribution in [0.25, 0.3) is 5.69 Å². The number of nitrogens with zero attached hydrogens (tertiary/aromatic N) is 3. The number of aliphatic carboxylic acids is 1. The summed E-state index contributed by atoms with van der Waals surface area (Å²) in [7, 11) is 0. The Morgan fingerprint density at radius 3 is 2.50 bits per heavy atom. The first-order valence-electron chi connectivity index (χ1n) is 6.48. The summed E-state index contributed by atoms with van der Waals surface area (Å²) in [6, 6.07) is 7.27. The highest BCUT2D eigenvalue weighted by atomic mass is 16.4. The summed E-state index contributed by atoms with van der Waals surface area (Å²) in [4.78, 5) is 10.7. The van der Waals surface area contributed by atoms with Gasteiger partial charge in [-0.1, -0.05) is 31.2 Å². The molecule has 0 spiro atoms. The molecular formula is C14H18N4O2. The molecule has 0 aliphatic rings. The van der Waals surface area contributed by atoms with Crippen LogP contribution in [0.2, 0.25) is 0 Å². The predicted molar refractivity (Wildman–Crippen MR) is 74.7 cm³/mol. The third kappa shape index (κ3) is 2.85. The Bertz CT molecular complexity index is 602. The second-order valence-corrected chi connectivity index (χ2v) is 4.93. The fourth-order valence-corrected chi connectivity index (χ4v) is 2.16. The van der Waals surface area contributed by atoms with Gasteiger partial charge in [0.1, 0.15) is 5.69 Å². The molecule has 0 aliphatic carbocycles. The molecule has 0 saturated heterocycles. The van der Waals surface area contributed by atoms with Gasteiger partial charge in [0.05, 0.1) is 17.8 Å². The fourth-order valence-electron chi connectivity index (χ4n) is 2.16. The van der Waals surface area contributed by atoms with E-state index in [-0.39, 0.29) is 12.3 Å². The van der Waals surface area contributed by atoms with E-state index in [1.54, 1.807) is 16.8 Å². The maximum Gasteiger partial charge on any atom is 0.307 e. The van der Waals surface area contributed by atoms with E-state index < -0.39 is 5.97 Å². The number of rotatable bonds is 5. The summed E-state index contributed by atoms with van der Waals surface area (Å²) in [6.45, 7) is 4.48. The Labute approximate surface area is 117 Å². The lowest BCUT2D eigenvalue weighted by Crippen LogP contribution is -2.08. The van der Waals surface area contributed by atoms with Crippen molar-refractivity contribution < 1.29 is 9.90 Å². The number of hydrogen-bond acceptors (Lipinski definition) is 4. The first-order chi connectivity index (χ1) is 9.52. The summed E-state index contributed by atoms with van der Waals surface area (Å²) in [5.74, 6) is -0.589. The molecule has 1 aromatic heterocycles. The molecule has 0 fully saturated rings. The minimum Gasteiger partial charge on any atom is -0.481 e. The highest BCUT2D eigenvalue weighted by molar-refractivity contribution is 5.70. The molecule has 0 aliphatic heterocycles. The maximum atomic E-state index is 10.7. The van der Waals surface area contributed by atoms with Gasteiger partial charge in [-0.2, -0.15) is 0 Å². The number of benzene rings is 1. The molecule has 2 aromatic rings. The van der Waals surface area contributed by atoms with Crippen molar-refractivity contribution in [2.75, 3.05) is 0 Å². The quantitative estimate of drug-likeness (QED) is 0.861. The van der Waals surface area contributed by atoms with Crippen LogP contribution in [0.4, 0.5) is 0 Å². The molecule has 20 heavy (non-hydrogen) atoms. The summed E-state index contributed by atoms with van der Waals surface area (Å²) in [5, 5.41) is 17.0. The van der Waals surface area contributed by atoms with Crippen molar-refractivity contribution in [3.63, 3.8) is 0 Å². The molecule has 1 aromatic carbocycles. The number of aromatic nitrogens is 3. The van der Waals surface area contributed by atoms with Crippen LogP contribution in [0.15, 0.2) is 24.3 Å². The maximum absolute atomic E-state index is 10.7. The van der Waals surface area contributed by atoms with Crippen LogP contribution >= 0.6 is 0 Å². The highest BCUT2D eigenvalue weighted by Crippen LogP contribution is 2.21. The van der Waals surface area contributed by atoms with Crippen LogP contribution < -0.4 is 5.73 Å². The van der Waals surface area contributed by atoms with Crippen molar-refractivity contribution in [1.29, 1.82) is 0 Å². The van der Waals surface area contributed by atoms with E-state index in [0.29, 0.717) is 6.54 Å². The lowest BCUT2D eigenvalue weighted by molar-refractivity contribution is -0.136. The fraction of sp³-hybridized carbons (Fsp3) is 0.357. The Morgan fingerprint density at radius 2 is 2.00 bits per heavy atom. The zero-order chi connectivity index (χ0) is 14.7. The summed E-state index contributed by atoms with van der Waals surface area (Å²) in [5.41, 5.74) is 9.06. The van der Waals surface area contributed by atoms with Gasteiger partial charge in [0.25, 0.3) is 0 Å². The topological polar surface area (TPSA) is 94.0 Å². The predicted octanol–water partition coefficient (Wildman–Crippen LogP) is 1.48. The Balaban J connectivity index is 2.36. The van der Waals surface area contributed by atoms with E-state index >= 15 is 0 Å². The molecule has 0 amide bonds. The van der Waals surface area contributed by atoms with E-state index in [4.69, 9.17) is 10.8 Å². The highest BCUT2D eigenvalue weighted by Gasteiger charge is 2.16. The molecule has 6 nitrogen and oxygen atoms in total. The van der Waals surface area contributed by atoms with Crippen molar-refractivity contribution in [3.05, 3.63) is 41.2 Å². The van der Waals surface area contributed by atoms with Gasteiger partial charge in [0, 0.05) is 6.54 Å². The Kier molecular flexibility index (Phi) is 4.14. The molecule has 6 heteroatoms. The average Bonchev–Trinajstić information content (AvgIpc) is 2.82. The molecule has 0 saturated carbocycles. The standard InChI is InChI=1S/C14H18N4O2/c1-9(2)14-12(8-15)16-17-18(14)11-5-3-10(4-6-11)7-13(19)20/h3-6,9H,7-8,15H2,1-2H3,(H,19,20). The number of carboxylic acids is 1. The second-order valence-electron chi connectivity index (χ2n) is 4.93. The Hall–Kier alpha value is -2.21. The summed E-state index contributed by atoms with van der Waals surface area (Å²) >= 11 is 0. The van der Waals surface area contributed by atoms with Crippen LogP contribution in [0.1, 0.15) is 36.7 Å². The molecule has 106 valence electrons. The molecule has 3 N–H and O–H groups in total. The lowest BCUT2D eigenvalue weighted by atomic mass is 10.1. The molecule has 0 unspecified atom stereocenters. The van der Waals surface area contributed by atoms with Crippen LogP contribution in [-0.2, 0) is 17.8 Å². The number of carbonyl (C=O) groups is 1. The molecule has 1 heterocycles. The molecule has 0 atom stereocenters. The van der Waals surface area contributed by atoms with Crippen LogP contribution in [0, 0.1) is 0 Å². The van der Waals surface area contributed by atoms with Crippen molar-refractivity contribution in [2.24, 2.45) is 5.73 Å². The normalized spacial score (nSPS) is 11.0. The van der Waals surface area contributed by atoms with Crippen LogP contribution in [0.5, 0.6) is 0 Å². The van der Waals surface area contributed by atoms with Crippen molar-refractivity contribution in [3.8, 4) is 5.69 Å². The van der Waals surface area contributed by atoms with Crippen molar-refractivity contribution in [1.82, 2.24) is 15.0 Å². The van der Waals surface area contributed by atoms with Gasteiger partial charge >= 0.3 is 5.97 Å². The van der Waals surface area contributed by atoms with E-state index in [1.165, 1.54) is 0 Å². The van der Waals surface area contributed by atoms with Gasteiger partial charge in [-0.25, -0.2) is 4.68 Å². The van der Waals surface area contributed by atoms with Gasteiger partial charge in [-0.15, -0.1) is 5.10 Å². The Morgan fingerprint density at radius 1 is 1.35 bits per heavy atom. The minimum atomic E-state index is -0.841. The summed E-state index contributed by atoms with van der Waals surface area (Å²) in [6.07, 6.45) is 0.0166. The van der Waals surface area contributed by atoms with Crippen molar-refractivity contribution in [2.45, 2.75) is 32.7 Å². The monoisotopic (exact) mass is 274 g/mol. The van der Waals surface area contributed by atoms with E-state index in [2.05, 4.69) is 24.2 Å². The van der Waals surface area contributed by atoms with Crippen LogP contribution in [-0.4, -0.2) is 26.1 Å². The zero-order valence-electron chi connectivity index (χ0n) is 11.6. The number of hydrogen-bond donors (Lipinski definition) is 2. The number of carboxylic acid groups (broad SMARTS) is 1. The second kappa shape index (κ2) is 5.83. The third-order valence-electron chi connectivity index (χ3n) is 3.06. The molecule has 2 rings (SSSR count). The van der Waals surface area contributed by atoms with Gasteiger partial charge in [-0.3, -0.25) is 4.79 Å². The van der Waals surface area contributed by atoms with Gasteiger partial charge in [0.15, 0.2) is 0 Å². The first-order valence-corrected chi connectivity index (χ1v) is 6.48. The third-order valence-corrected chi connectivity index (χ3v) is 3.06. The molecule has 0 radical (unpaired) electrons. The number of nitrogens with two attached hydrogens (primary N) is 1. The molecule has 0 bridgehead atoms.